The Hall–Kier alpha value is -1.10. The number of hydrogen-bond acceptors (Lipinski definition) is 8. The van der Waals surface area contributed by atoms with Crippen molar-refractivity contribution in [3.8, 4) is 0 Å². The van der Waals surface area contributed by atoms with Crippen LogP contribution in [-0.2, 0) is 65.7 Å². The van der Waals surface area contributed by atoms with Gasteiger partial charge in [0.1, 0.15) is 13.6 Å². The van der Waals surface area contributed by atoms with Crippen LogP contribution in [0.4, 0.5) is 0 Å². The minimum atomic E-state index is -0.0273. The van der Waals surface area contributed by atoms with Crippen molar-refractivity contribution < 1.29 is 28.4 Å². The number of hydrogen-bond donors (Lipinski definition) is 0. The molecule has 0 fully saturated rings. The van der Waals surface area contributed by atoms with Crippen LogP contribution in [-0.4, -0.2) is 41.0 Å². The summed E-state index contributed by atoms with van der Waals surface area (Å²) in [5.41, 5.74) is 7.09. The molecule has 0 aromatic heterocycles. The van der Waals surface area contributed by atoms with E-state index in [0.29, 0.717) is 39.6 Å². The van der Waals surface area contributed by atoms with Crippen LogP contribution in [0.25, 0.3) is 0 Å². The van der Waals surface area contributed by atoms with Crippen molar-refractivity contribution in [1.29, 1.82) is 0 Å². The van der Waals surface area contributed by atoms with Crippen LogP contribution < -0.4 is 0 Å². The van der Waals surface area contributed by atoms with Crippen molar-refractivity contribution in [2.45, 2.75) is 102 Å². The summed E-state index contributed by atoms with van der Waals surface area (Å²) in [5, 5.41) is 0. The van der Waals surface area contributed by atoms with Crippen molar-refractivity contribution in [3.05, 3.63) is 57.6 Å². The molecule has 0 saturated heterocycles. The molecule has 0 bridgehead atoms. The highest BCUT2D eigenvalue weighted by molar-refractivity contribution is 8.76. The fourth-order valence-corrected chi connectivity index (χ4v) is 6.85. The van der Waals surface area contributed by atoms with E-state index < -0.39 is 0 Å². The molecule has 8 heteroatoms. The second kappa shape index (κ2) is 17.1. The third kappa shape index (κ3) is 11.0. The molecule has 0 N–H and O–H groups in total. The van der Waals surface area contributed by atoms with Gasteiger partial charge in [0.15, 0.2) is 0 Å². The lowest BCUT2D eigenvalue weighted by atomic mass is 9.85. The first-order valence-corrected chi connectivity index (χ1v) is 16.1. The molecule has 6 nitrogen and oxygen atoms in total. The summed E-state index contributed by atoms with van der Waals surface area (Å²) in [6.07, 6.45) is 0. The molecule has 0 aliphatic rings. The maximum atomic E-state index is 5.94. The highest BCUT2D eigenvalue weighted by Crippen LogP contribution is 2.46. The molecule has 0 aliphatic carbocycles. The Morgan fingerprint density at radius 1 is 0.525 bits per heavy atom. The largest absolute Gasteiger partial charge is 0.377 e. The predicted octanol–water partition coefficient (Wildman–Crippen LogP) is 8.40. The molecule has 226 valence electrons. The van der Waals surface area contributed by atoms with Gasteiger partial charge in [-0.05, 0) is 58.1 Å². The van der Waals surface area contributed by atoms with Gasteiger partial charge in [-0.1, -0.05) is 87.4 Å². The molecular formula is C32H50O6S2. The van der Waals surface area contributed by atoms with Gasteiger partial charge in [-0.15, -0.1) is 0 Å². The Bertz CT molecular complexity index is 983. The van der Waals surface area contributed by atoms with Gasteiger partial charge in [0.05, 0.1) is 26.4 Å². The van der Waals surface area contributed by atoms with Crippen LogP contribution in [0.2, 0.25) is 0 Å². The van der Waals surface area contributed by atoms with Crippen molar-refractivity contribution in [1.82, 2.24) is 0 Å². The van der Waals surface area contributed by atoms with Crippen LogP contribution in [0.1, 0.15) is 88.8 Å². The summed E-state index contributed by atoms with van der Waals surface area (Å²) in [6, 6.07) is 9.09. The maximum absolute atomic E-state index is 5.94. The van der Waals surface area contributed by atoms with Gasteiger partial charge in [0.2, 0.25) is 0 Å². The molecule has 0 unspecified atom stereocenters. The maximum Gasteiger partial charge on any atom is 0.146 e. The van der Waals surface area contributed by atoms with Gasteiger partial charge in [-0.2, -0.15) is 0 Å². The third-order valence-corrected chi connectivity index (χ3v) is 8.98. The topological polar surface area (TPSA) is 55.4 Å². The summed E-state index contributed by atoms with van der Waals surface area (Å²) in [6.45, 7) is 21.3. The van der Waals surface area contributed by atoms with E-state index in [9.17, 15) is 0 Å². The van der Waals surface area contributed by atoms with Crippen LogP contribution in [0, 0.1) is 0 Å². The van der Waals surface area contributed by atoms with Crippen molar-refractivity contribution in [2.24, 2.45) is 0 Å². The predicted molar refractivity (Wildman–Crippen MR) is 166 cm³/mol. The van der Waals surface area contributed by atoms with Gasteiger partial charge in [0, 0.05) is 37.2 Å². The molecule has 40 heavy (non-hydrogen) atoms. The summed E-state index contributed by atoms with van der Waals surface area (Å²) in [7, 11) is 6.77. The molecule has 0 amide bonds. The Labute approximate surface area is 250 Å². The van der Waals surface area contributed by atoms with Crippen molar-refractivity contribution >= 4 is 21.6 Å². The lowest BCUT2D eigenvalue weighted by molar-refractivity contribution is -0.0419. The van der Waals surface area contributed by atoms with Crippen molar-refractivity contribution in [2.75, 3.05) is 41.0 Å². The second-order valence-corrected chi connectivity index (χ2v) is 13.8. The highest BCUT2D eigenvalue weighted by Gasteiger charge is 2.23. The lowest BCUT2D eigenvalue weighted by Crippen LogP contribution is -2.14. The zero-order chi connectivity index (χ0) is 29.8. The minimum Gasteiger partial charge on any atom is -0.377 e. The van der Waals surface area contributed by atoms with Crippen LogP contribution >= 0.6 is 21.6 Å². The third-order valence-electron chi connectivity index (χ3n) is 6.27. The summed E-state index contributed by atoms with van der Waals surface area (Å²) >= 11 is 0. The first-order chi connectivity index (χ1) is 19.0. The monoisotopic (exact) mass is 594 g/mol. The number of ether oxygens (including phenoxy) is 6. The van der Waals surface area contributed by atoms with E-state index in [0.717, 1.165) is 16.0 Å². The van der Waals surface area contributed by atoms with E-state index in [1.165, 1.54) is 27.1 Å². The van der Waals surface area contributed by atoms with Crippen LogP contribution in [0.15, 0.2) is 34.1 Å². The summed E-state index contributed by atoms with van der Waals surface area (Å²) in [5.74, 6) is 0. The fourth-order valence-electron chi connectivity index (χ4n) is 4.00. The molecule has 0 aliphatic heterocycles. The number of rotatable bonds is 17. The molecule has 2 aromatic rings. The Morgan fingerprint density at radius 3 is 1.07 bits per heavy atom. The summed E-state index contributed by atoms with van der Waals surface area (Å²) in [4.78, 5) is 2.32. The van der Waals surface area contributed by atoms with Gasteiger partial charge in [-0.3, -0.25) is 0 Å². The normalized spacial score (nSPS) is 12.3. The smallest absolute Gasteiger partial charge is 0.146 e. The molecule has 0 radical (unpaired) electrons. The quantitative estimate of drug-likeness (QED) is 0.103. The van der Waals surface area contributed by atoms with E-state index in [4.69, 9.17) is 28.4 Å². The van der Waals surface area contributed by atoms with Gasteiger partial charge >= 0.3 is 0 Å². The van der Waals surface area contributed by atoms with Crippen LogP contribution in [0.5, 0.6) is 0 Å². The van der Waals surface area contributed by atoms with E-state index in [1.54, 1.807) is 35.8 Å². The zero-order valence-corrected chi connectivity index (χ0v) is 27.9. The Morgan fingerprint density at radius 2 is 0.825 bits per heavy atom. The average Bonchev–Trinajstić information content (AvgIpc) is 2.89. The molecule has 2 rings (SSSR count). The van der Waals surface area contributed by atoms with Crippen LogP contribution in [0.3, 0.4) is 0 Å². The highest BCUT2D eigenvalue weighted by atomic mass is 33.1. The van der Waals surface area contributed by atoms with E-state index >= 15 is 0 Å². The summed E-state index contributed by atoms with van der Waals surface area (Å²) < 4.78 is 34.0. The number of methoxy groups -OCH3 is 2. The second-order valence-electron chi connectivity index (χ2n) is 11.7. The first-order valence-electron chi connectivity index (χ1n) is 13.9. The lowest BCUT2D eigenvalue weighted by Gasteiger charge is -2.25. The Balaban J connectivity index is 2.61. The average molecular weight is 595 g/mol. The molecule has 0 atom stereocenters. The van der Waals surface area contributed by atoms with Gasteiger partial charge < -0.3 is 28.4 Å². The van der Waals surface area contributed by atoms with Gasteiger partial charge in [0.25, 0.3) is 0 Å². The molecule has 0 heterocycles. The van der Waals surface area contributed by atoms with Gasteiger partial charge in [-0.25, -0.2) is 0 Å². The standard InChI is InChI=1S/C32H50O6S2/c1-11-35-17-23-13-27(31(3,4)5)14-24(18-36-12-2)29(23)39-40-30-25(19-37-21-33-9)15-28(32(6,7)8)16-26(30)20-38-22-34-10/h13-16H,11-12,17-22H2,1-10H3. The van der Waals surface area contributed by atoms with E-state index in [-0.39, 0.29) is 24.4 Å². The Kier molecular flexibility index (Phi) is 15.0. The molecular weight excluding hydrogens is 544 g/mol. The fraction of sp³-hybridized carbons (Fsp3) is 0.625. The molecule has 2 aromatic carbocycles. The molecule has 0 spiro atoms. The minimum absolute atomic E-state index is 0.0127. The SMILES string of the molecule is CCOCc1cc(C(C)(C)C)cc(COCC)c1SSc1c(COCOC)cc(C(C)(C)C)cc1COCOC. The zero-order valence-electron chi connectivity index (χ0n) is 26.2. The van der Waals surface area contributed by atoms with E-state index in [2.05, 4.69) is 65.8 Å². The van der Waals surface area contributed by atoms with E-state index in [1.807, 2.05) is 13.8 Å². The molecule has 0 saturated carbocycles. The first kappa shape index (κ1) is 35.1. The van der Waals surface area contributed by atoms with Crippen molar-refractivity contribution in [3.63, 3.8) is 0 Å². The number of benzene rings is 2.